The zero-order valence-corrected chi connectivity index (χ0v) is 23.5. The molecular weight excluding hydrogens is 568 g/mol. The van der Waals surface area contributed by atoms with E-state index in [0.717, 1.165) is 48.9 Å². The topological polar surface area (TPSA) is 117 Å². The van der Waals surface area contributed by atoms with Gasteiger partial charge in [-0.25, -0.2) is 4.98 Å². The number of carbonyl (C=O) groups excluding carboxylic acids is 1. The van der Waals surface area contributed by atoms with E-state index in [2.05, 4.69) is 42.2 Å². The molecule has 2 fully saturated rings. The molecule has 0 saturated carbocycles. The fourth-order valence-electron chi connectivity index (χ4n) is 5.62. The number of aryl methyl sites for hydroxylation is 2. The molecule has 196 valence electrons. The second-order valence-electron chi connectivity index (χ2n) is 10.0. The minimum Gasteiger partial charge on any atom is -0.437 e. The number of carbonyl (C=O) groups is 1. The smallest absolute Gasteiger partial charge is 0.248 e. The lowest BCUT2D eigenvalue weighted by Crippen LogP contribution is -2.46. The van der Waals surface area contributed by atoms with Crippen molar-refractivity contribution in [3.63, 3.8) is 0 Å². The highest BCUT2D eigenvalue weighted by Crippen LogP contribution is 2.39. The minimum absolute atomic E-state index is 0.240. The highest BCUT2D eigenvalue weighted by Gasteiger charge is 2.41. The molecule has 1 amide bonds. The largest absolute Gasteiger partial charge is 0.437 e. The van der Waals surface area contributed by atoms with Crippen molar-refractivity contribution in [2.45, 2.75) is 64.2 Å². The number of nitrogens with one attached hydrogen (secondary N) is 1. The van der Waals surface area contributed by atoms with Gasteiger partial charge in [0, 0.05) is 35.3 Å². The fraction of sp³-hybridized carbons (Fsp3) is 0.357. The SMILES string of the molecule is Cc1cc(C#N)cc(C)c1Oc1nc(NC2CC3CC[C@@H](C2)N3Cc2ccc(C(N)=O)cc2Cl)ncc1Br. The van der Waals surface area contributed by atoms with E-state index < -0.39 is 5.91 Å². The number of anilines is 1. The molecule has 10 heteroatoms. The predicted molar refractivity (Wildman–Crippen MR) is 149 cm³/mol. The van der Waals surface area contributed by atoms with Crippen molar-refractivity contribution in [3.8, 4) is 17.7 Å². The van der Waals surface area contributed by atoms with Gasteiger partial charge in [0.2, 0.25) is 17.7 Å². The Balaban J connectivity index is 1.26. The van der Waals surface area contributed by atoms with E-state index in [-0.39, 0.29) is 6.04 Å². The minimum atomic E-state index is -0.476. The number of halogens is 2. The van der Waals surface area contributed by atoms with Crippen LogP contribution in [0.3, 0.4) is 0 Å². The van der Waals surface area contributed by atoms with Crippen LogP contribution >= 0.6 is 27.5 Å². The zero-order valence-electron chi connectivity index (χ0n) is 21.2. The van der Waals surface area contributed by atoms with Gasteiger partial charge in [-0.3, -0.25) is 9.69 Å². The third-order valence-corrected chi connectivity index (χ3v) is 8.30. The van der Waals surface area contributed by atoms with Crippen molar-refractivity contribution in [1.82, 2.24) is 14.9 Å². The van der Waals surface area contributed by atoms with Crippen LogP contribution in [0.4, 0.5) is 5.95 Å². The summed E-state index contributed by atoms with van der Waals surface area (Å²) < 4.78 is 6.83. The Kier molecular flexibility index (Phi) is 7.57. The highest BCUT2D eigenvalue weighted by molar-refractivity contribution is 9.10. The summed E-state index contributed by atoms with van der Waals surface area (Å²) >= 11 is 9.98. The van der Waals surface area contributed by atoms with Crippen molar-refractivity contribution in [2.24, 2.45) is 5.73 Å². The number of hydrogen-bond acceptors (Lipinski definition) is 7. The number of hydrogen-bond donors (Lipinski definition) is 2. The van der Waals surface area contributed by atoms with E-state index in [0.29, 0.717) is 50.3 Å². The van der Waals surface area contributed by atoms with Gasteiger partial charge in [-0.2, -0.15) is 10.2 Å². The molecule has 2 aliphatic heterocycles. The molecule has 3 heterocycles. The first kappa shape index (κ1) is 26.4. The third-order valence-electron chi connectivity index (χ3n) is 7.41. The molecular formula is C28H28BrClN6O2. The molecule has 2 aliphatic rings. The van der Waals surface area contributed by atoms with Crippen LogP contribution in [-0.4, -0.2) is 38.9 Å². The summed E-state index contributed by atoms with van der Waals surface area (Å²) in [4.78, 5) is 23.1. The first-order chi connectivity index (χ1) is 18.2. The average molecular weight is 596 g/mol. The van der Waals surface area contributed by atoms with Gasteiger partial charge in [-0.1, -0.05) is 17.7 Å². The molecule has 3 N–H and O–H groups in total. The van der Waals surface area contributed by atoms with Gasteiger partial charge in [-0.15, -0.1) is 0 Å². The highest BCUT2D eigenvalue weighted by atomic mass is 79.9. The van der Waals surface area contributed by atoms with Crippen molar-refractivity contribution >= 4 is 39.4 Å². The van der Waals surface area contributed by atoms with Crippen LogP contribution in [0, 0.1) is 25.2 Å². The molecule has 38 heavy (non-hydrogen) atoms. The van der Waals surface area contributed by atoms with Crippen LogP contribution in [0.5, 0.6) is 11.6 Å². The normalized spacial score (nSPS) is 20.7. The fourth-order valence-corrected chi connectivity index (χ4v) is 6.14. The number of amides is 1. The van der Waals surface area contributed by atoms with Crippen LogP contribution in [0.15, 0.2) is 41.0 Å². The number of ether oxygens (including phenoxy) is 1. The van der Waals surface area contributed by atoms with Crippen molar-refractivity contribution < 1.29 is 9.53 Å². The van der Waals surface area contributed by atoms with E-state index in [4.69, 9.17) is 22.1 Å². The average Bonchev–Trinajstić information content (AvgIpc) is 3.11. The number of nitrogens with two attached hydrogens (primary N) is 1. The number of aromatic nitrogens is 2. The number of nitrogens with zero attached hydrogens (tertiary/aromatic N) is 4. The molecule has 3 atom stereocenters. The lowest BCUT2D eigenvalue weighted by atomic mass is 9.96. The lowest BCUT2D eigenvalue weighted by molar-refractivity contribution is 0.1000. The Hall–Kier alpha value is -3.19. The lowest BCUT2D eigenvalue weighted by Gasteiger charge is -2.39. The number of nitriles is 1. The number of primary amides is 1. The summed E-state index contributed by atoms with van der Waals surface area (Å²) in [7, 11) is 0. The molecule has 8 nitrogen and oxygen atoms in total. The van der Waals surface area contributed by atoms with Crippen LogP contribution in [-0.2, 0) is 6.54 Å². The molecule has 0 radical (unpaired) electrons. The molecule has 0 aliphatic carbocycles. The number of piperidine rings is 1. The standard InChI is InChI=1S/C28H28BrClN6O2/c1-15-7-17(12-31)8-16(2)25(15)38-27-23(29)13-33-28(35-27)34-20-10-21-5-6-22(11-20)36(21)14-19-4-3-18(26(32)37)9-24(19)30/h3-4,7-9,13,20-22H,5-6,10-11,14H2,1-2H3,(H2,32,37)(H,33,34,35)/t20?,21-,22?/m0/s1. The van der Waals surface area contributed by atoms with Crippen LogP contribution < -0.4 is 15.8 Å². The Morgan fingerprint density at radius 1 is 1.24 bits per heavy atom. The summed E-state index contributed by atoms with van der Waals surface area (Å²) in [5.74, 6) is 1.16. The Morgan fingerprint density at radius 3 is 2.53 bits per heavy atom. The molecule has 3 aromatic rings. The maximum atomic E-state index is 11.5. The first-order valence-electron chi connectivity index (χ1n) is 12.5. The Labute approximate surface area is 235 Å². The molecule has 5 rings (SSSR count). The van der Waals surface area contributed by atoms with E-state index in [1.54, 1.807) is 30.5 Å². The number of benzene rings is 2. The van der Waals surface area contributed by atoms with Crippen molar-refractivity contribution in [3.05, 3.63) is 73.8 Å². The maximum Gasteiger partial charge on any atom is 0.248 e. The predicted octanol–water partition coefficient (Wildman–Crippen LogP) is 5.88. The van der Waals surface area contributed by atoms with Gasteiger partial charge in [0.15, 0.2) is 0 Å². The second kappa shape index (κ2) is 10.9. The molecule has 2 bridgehead atoms. The molecule has 2 unspecified atom stereocenters. The quantitative estimate of drug-likeness (QED) is 0.350. The second-order valence-corrected chi connectivity index (χ2v) is 11.3. The summed E-state index contributed by atoms with van der Waals surface area (Å²) in [6.07, 6.45) is 5.90. The summed E-state index contributed by atoms with van der Waals surface area (Å²) in [6.45, 7) is 4.58. The van der Waals surface area contributed by atoms with E-state index in [1.165, 1.54) is 0 Å². The van der Waals surface area contributed by atoms with Crippen molar-refractivity contribution in [2.75, 3.05) is 5.32 Å². The molecule has 1 aromatic heterocycles. The maximum absolute atomic E-state index is 11.5. The van der Waals surface area contributed by atoms with Gasteiger partial charge in [-0.05, 0) is 96.4 Å². The number of rotatable bonds is 7. The van der Waals surface area contributed by atoms with E-state index >= 15 is 0 Å². The molecule has 0 spiro atoms. The van der Waals surface area contributed by atoms with E-state index in [1.807, 2.05) is 19.9 Å². The molecule has 2 aromatic carbocycles. The first-order valence-corrected chi connectivity index (χ1v) is 13.7. The Morgan fingerprint density at radius 2 is 1.92 bits per heavy atom. The zero-order chi connectivity index (χ0) is 27.0. The van der Waals surface area contributed by atoms with Gasteiger partial charge >= 0.3 is 0 Å². The van der Waals surface area contributed by atoms with Gasteiger partial charge in [0.05, 0.1) is 22.3 Å². The van der Waals surface area contributed by atoms with E-state index in [9.17, 15) is 10.1 Å². The van der Waals surface area contributed by atoms with Crippen LogP contribution in [0.1, 0.15) is 58.3 Å². The monoisotopic (exact) mass is 594 g/mol. The summed E-state index contributed by atoms with van der Waals surface area (Å²) in [5, 5.41) is 13.3. The summed E-state index contributed by atoms with van der Waals surface area (Å²) in [5.41, 5.74) is 9.15. The third kappa shape index (κ3) is 5.48. The molecule has 2 saturated heterocycles. The summed E-state index contributed by atoms with van der Waals surface area (Å²) in [6, 6.07) is 12.2. The van der Waals surface area contributed by atoms with Gasteiger partial charge in [0.25, 0.3) is 0 Å². The number of fused-ring (bicyclic) bond motifs is 2. The van der Waals surface area contributed by atoms with Gasteiger partial charge in [0.1, 0.15) is 5.75 Å². The van der Waals surface area contributed by atoms with Crippen molar-refractivity contribution in [1.29, 1.82) is 5.26 Å². The Bertz CT molecular complexity index is 1400. The van der Waals surface area contributed by atoms with Gasteiger partial charge < -0.3 is 15.8 Å². The van der Waals surface area contributed by atoms with Crippen LogP contribution in [0.25, 0.3) is 0 Å². The van der Waals surface area contributed by atoms with Crippen LogP contribution in [0.2, 0.25) is 5.02 Å².